The van der Waals surface area contributed by atoms with Crippen LogP contribution >= 0.6 is 12.4 Å². The Bertz CT molecular complexity index is 625. The summed E-state index contributed by atoms with van der Waals surface area (Å²) < 4.78 is 5.44. The predicted molar refractivity (Wildman–Crippen MR) is 96.7 cm³/mol. The van der Waals surface area contributed by atoms with Gasteiger partial charge in [-0.1, -0.05) is 44.2 Å². The lowest BCUT2D eigenvalue weighted by atomic mass is 10.0. The van der Waals surface area contributed by atoms with Crippen LogP contribution in [0.2, 0.25) is 0 Å². The van der Waals surface area contributed by atoms with Crippen molar-refractivity contribution < 1.29 is 9.53 Å². The second-order valence-corrected chi connectivity index (χ2v) is 5.18. The Balaban J connectivity index is 0.00000264. The van der Waals surface area contributed by atoms with E-state index in [1.807, 2.05) is 48.5 Å². The molecule has 0 saturated heterocycles. The van der Waals surface area contributed by atoms with Crippen molar-refractivity contribution in [1.82, 2.24) is 4.90 Å². The zero-order chi connectivity index (χ0) is 15.9. The van der Waals surface area contributed by atoms with E-state index < -0.39 is 0 Å². The molecule has 0 spiro atoms. The van der Waals surface area contributed by atoms with E-state index in [2.05, 4.69) is 18.7 Å². The Morgan fingerprint density at radius 2 is 1.65 bits per heavy atom. The van der Waals surface area contributed by atoms with Crippen LogP contribution in [0.1, 0.15) is 35.3 Å². The van der Waals surface area contributed by atoms with E-state index in [0.717, 1.165) is 30.9 Å². The summed E-state index contributed by atoms with van der Waals surface area (Å²) in [6, 6.07) is 15.0. The summed E-state index contributed by atoms with van der Waals surface area (Å²) in [4.78, 5) is 14.9. The molecule has 4 heteroatoms. The summed E-state index contributed by atoms with van der Waals surface area (Å²) >= 11 is 0. The van der Waals surface area contributed by atoms with Gasteiger partial charge in [-0.25, -0.2) is 0 Å². The van der Waals surface area contributed by atoms with Gasteiger partial charge in [-0.05, 0) is 31.3 Å². The van der Waals surface area contributed by atoms with Gasteiger partial charge in [0.15, 0.2) is 5.78 Å². The molecule has 2 aromatic rings. The third kappa shape index (κ3) is 4.81. The Morgan fingerprint density at radius 3 is 2.22 bits per heavy atom. The van der Waals surface area contributed by atoms with Crippen LogP contribution in [0.4, 0.5) is 0 Å². The summed E-state index contributed by atoms with van der Waals surface area (Å²) in [5.74, 6) is 0.876. The SMILES string of the molecule is CCN(CC)Cc1cc(C(=O)c2ccccc2)ccc1OC.Cl. The number of hydrogen-bond donors (Lipinski definition) is 0. The molecule has 0 heterocycles. The minimum Gasteiger partial charge on any atom is -0.496 e. The molecule has 2 aromatic carbocycles. The topological polar surface area (TPSA) is 29.5 Å². The smallest absolute Gasteiger partial charge is 0.193 e. The maximum absolute atomic E-state index is 12.6. The van der Waals surface area contributed by atoms with Crippen molar-refractivity contribution >= 4 is 18.2 Å². The molecular weight excluding hydrogens is 310 g/mol. The first-order valence-corrected chi connectivity index (χ1v) is 7.68. The van der Waals surface area contributed by atoms with E-state index >= 15 is 0 Å². The van der Waals surface area contributed by atoms with Gasteiger partial charge in [0.25, 0.3) is 0 Å². The van der Waals surface area contributed by atoms with E-state index in [-0.39, 0.29) is 18.2 Å². The number of hydrogen-bond acceptors (Lipinski definition) is 3. The number of carbonyl (C=O) groups is 1. The highest BCUT2D eigenvalue weighted by atomic mass is 35.5. The molecule has 124 valence electrons. The standard InChI is InChI=1S/C19H23NO2.ClH/c1-4-20(5-2)14-17-13-16(11-12-18(17)22-3)19(21)15-9-7-6-8-10-15;/h6-13H,4-5,14H2,1-3H3;1H. The van der Waals surface area contributed by atoms with E-state index in [4.69, 9.17) is 4.74 Å². The van der Waals surface area contributed by atoms with Gasteiger partial charge in [0, 0.05) is 23.2 Å². The fraction of sp³-hybridized carbons (Fsp3) is 0.316. The first-order valence-electron chi connectivity index (χ1n) is 7.68. The van der Waals surface area contributed by atoms with E-state index in [1.54, 1.807) is 7.11 Å². The minimum absolute atomic E-state index is 0. The van der Waals surface area contributed by atoms with Gasteiger partial charge in [0.05, 0.1) is 7.11 Å². The van der Waals surface area contributed by atoms with Crippen molar-refractivity contribution in [3.63, 3.8) is 0 Å². The number of rotatable bonds is 7. The van der Waals surface area contributed by atoms with Gasteiger partial charge in [0.2, 0.25) is 0 Å². The van der Waals surface area contributed by atoms with E-state index in [1.165, 1.54) is 0 Å². The molecule has 0 radical (unpaired) electrons. The van der Waals surface area contributed by atoms with Crippen LogP contribution in [0.25, 0.3) is 0 Å². The number of nitrogens with zero attached hydrogens (tertiary/aromatic N) is 1. The van der Waals surface area contributed by atoms with Crippen LogP contribution in [0.5, 0.6) is 5.75 Å². The number of halogens is 1. The van der Waals surface area contributed by atoms with Crippen LogP contribution in [-0.2, 0) is 6.54 Å². The number of carbonyl (C=O) groups excluding carboxylic acids is 1. The molecule has 0 bridgehead atoms. The monoisotopic (exact) mass is 333 g/mol. The average Bonchev–Trinajstić information content (AvgIpc) is 2.59. The first kappa shape index (κ1) is 19.2. The van der Waals surface area contributed by atoms with Gasteiger partial charge in [-0.3, -0.25) is 9.69 Å². The molecule has 0 atom stereocenters. The normalized spacial score (nSPS) is 10.3. The Labute approximate surface area is 144 Å². The number of benzene rings is 2. The minimum atomic E-state index is 0. The Morgan fingerprint density at radius 1 is 1.00 bits per heavy atom. The molecule has 0 aliphatic rings. The molecule has 0 fully saturated rings. The summed E-state index contributed by atoms with van der Waals surface area (Å²) in [5, 5.41) is 0. The third-order valence-corrected chi connectivity index (χ3v) is 3.87. The molecule has 0 aliphatic carbocycles. The molecule has 0 aliphatic heterocycles. The molecule has 0 saturated carbocycles. The third-order valence-electron chi connectivity index (χ3n) is 3.87. The lowest BCUT2D eigenvalue weighted by Gasteiger charge is -2.20. The highest BCUT2D eigenvalue weighted by molar-refractivity contribution is 6.09. The maximum Gasteiger partial charge on any atom is 0.193 e. The van der Waals surface area contributed by atoms with Crippen LogP contribution in [-0.4, -0.2) is 30.9 Å². The van der Waals surface area contributed by atoms with Crippen LogP contribution in [0.3, 0.4) is 0 Å². The van der Waals surface area contributed by atoms with Crippen LogP contribution < -0.4 is 4.74 Å². The lowest BCUT2D eigenvalue weighted by molar-refractivity contribution is 0.103. The molecule has 23 heavy (non-hydrogen) atoms. The van der Waals surface area contributed by atoms with Gasteiger partial charge >= 0.3 is 0 Å². The lowest BCUT2D eigenvalue weighted by Crippen LogP contribution is -2.22. The number of methoxy groups -OCH3 is 1. The summed E-state index contributed by atoms with van der Waals surface area (Å²) in [6.07, 6.45) is 0. The van der Waals surface area contributed by atoms with Crippen LogP contribution in [0.15, 0.2) is 48.5 Å². The van der Waals surface area contributed by atoms with Gasteiger partial charge in [-0.2, -0.15) is 0 Å². The zero-order valence-corrected chi connectivity index (χ0v) is 14.7. The van der Waals surface area contributed by atoms with Gasteiger partial charge in [0.1, 0.15) is 5.75 Å². The van der Waals surface area contributed by atoms with Crippen molar-refractivity contribution in [2.45, 2.75) is 20.4 Å². The van der Waals surface area contributed by atoms with Crippen molar-refractivity contribution in [3.05, 3.63) is 65.2 Å². The van der Waals surface area contributed by atoms with E-state index in [9.17, 15) is 4.79 Å². The fourth-order valence-electron chi connectivity index (χ4n) is 2.49. The quantitative estimate of drug-likeness (QED) is 0.711. The second-order valence-electron chi connectivity index (χ2n) is 5.18. The van der Waals surface area contributed by atoms with E-state index in [0.29, 0.717) is 11.1 Å². The summed E-state index contributed by atoms with van der Waals surface area (Å²) in [6.45, 7) is 6.99. The average molecular weight is 334 g/mol. The first-order chi connectivity index (χ1) is 10.7. The summed E-state index contributed by atoms with van der Waals surface area (Å²) in [7, 11) is 1.67. The molecule has 0 N–H and O–H groups in total. The van der Waals surface area contributed by atoms with Crippen molar-refractivity contribution in [2.75, 3.05) is 20.2 Å². The highest BCUT2D eigenvalue weighted by Gasteiger charge is 2.13. The van der Waals surface area contributed by atoms with Crippen molar-refractivity contribution in [2.24, 2.45) is 0 Å². The fourth-order valence-corrected chi connectivity index (χ4v) is 2.49. The molecule has 0 amide bonds. The van der Waals surface area contributed by atoms with Gasteiger partial charge in [-0.15, -0.1) is 12.4 Å². The zero-order valence-electron chi connectivity index (χ0n) is 13.9. The maximum atomic E-state index is 12.6. The Kier molecular flexibility index (Phi) is 7.79. The number of ketones is 1. The predicted octanol–water partition coefficient (Wildman–Crippen LogP) is 4.19. The summed E-state index contributed by atoms with van der Waals surface area (Å²) in [5.41, 5.74) is 2.46. The molecular formula is C19H24ClNO2. The van der Waals surface area contributed by atoms with Crippen molar-refractivity contribution in [3.8, 4) is 5.75 Å². The molecule has 0 aromatic heterocycles. The van der Waals surface area contributed by atoms with Crippen LogP contribution in [0, 0.1) is 0 Å². The largest absolute Gasteiger partial charge is 0.496 e. The Hall–Kier alpha value is -1.84. The molecule has 2 rings (SSSR count). The molecule has 0 unspecified atom stereocenters. The second kappa shape index (κ2) is 9.33. The van der Waals surface area contributed by atoms with Gasteiger partial charge < -0.3 is 4.74 Å². The number of ether oxygens (including phenoxy) is 1. The van der Waals surface area contributed by atoms with Crippen molar-refractivity contribution in [1.29, 1.82) is 0 Å². The highest BCUT2D eigenvalue weighted by Crippen LogP contribution is 2.23. The molecule has 3 nitrogen and oxygen atoms in total.